The van der Waals surface area contributed by atoms with Crippen LogP contribution < -0.4 is 21.9 Å². The van der Waals surface area contributed by atoms with Crippen molar-refractivity contribution < 1.29 is 4.74 Å². The van der Waals surface area contributed by atoms with Gasteiger partial charge in [-0.05, 0) is 41.8 Å². The summed E-state index contributed by atoms with van der Waals surface area (Å²) in [6, 6.07) is 5.23. The summed E-state index contributed by atoms with van der Waals surface area (Å²) in [4.78, 5) is 17.0. The maximum Gasteiger partial charge on any atom is 0.258 e. The van der Waals surface area contributed by atoms with Crippen LogP contribution in [0.3, 0.4) is 0 Å². The van der Waals surface area contributed by atoms with E-state index in [1.54, 1.807) is 37.1 Å². The molecule has 0 radical (unpaired) electrons. The van der Waals surface area contributed by atoms with Crippen LogP contribution in [-0.4, -0.2) is 30.4 Å². The molecule has 1 fully saturated rings. The third kappa shape index (κ3) is 3.80. The number of allylic oxidation sites excluding steroid dienone is 1. The highest BCUT2D eigenvalue weighted by atomic mass is 16.5. The molecule has 30 heavy (non-hydrogen) atoms. The summed E-state index contributed by atoms with van der Waals surface area (Å²) in [5, 5.41) is 15.3. The Labute approximate surface area is 174 Å². The quantitative estimate of drug-likeness (QED) is 0.525. The van der Waals surface area contributed by atoms with Crippen LogP contribution in [0.15, 0.2) is 52.3 Å². The Balaban J connectivity index is 1.85. The first-order valence-electron chi connectivity index (χ1n) is 9.96. The molecule has 4 rings (SSSR count). The van der Waals surface area contributed by atoms with Crippen LogP contribution in [-0.2, 0) is 11.8 Å². The van der Waals surface area contributed by atoms with Crippen molar-refractivity contribution >= 4 is 28.5 Å². The third-order valence-corrected chi connectivity index (χ3v) is 5.40. The number of aryl methyl sites for hydroxylation is 1. The Kier molecular flexibility index (Phi) is 5.31. The van der Waals surface area contributed by atoms with Gasteiger partial charge in [-0.2, -0.15) is 0 Å². The number of hydrogen-bond acceptors (Lipinski definition) is 7. The summed E-state index contributed by atoms with van der Waals surface area (Å²) >= 11 is 0. The molecule has 0 amide bonds. The topological polar surface area (TPSA) is 118 Å². The van der Waals surface area contributed by atoms with Crippen LogP contribution in [0.4, 0.5) is 0 Å². The number of benzene rings is 1. The monoisotopic (exact) mass is 406 g/mol. The predicted molar refractivity (Wildman–Crippen MR) is 119 cm³/mol. The number of nitrogens with one attached hydrogen (secondary N) is 3. The minimum Gasteiger partial charge on any atom is -0.493 e. The fourth-order valence-corrected chi connectivity index (χ4v) is 3.58. The summed E-state index contributed by atoms with van der Waals surface area (Å²) in [7, 11) is 3.52. The number of aromatic nitrogens is 1. The average Bonchev–Trinajstić information content (AvgIpc) is 3.58. The standard InChI is InChI=1S/C22H26N6O2/c1-25-9-15(8-23)14-5-6-16-17(7-14)18(11-28(2)21(16)29)20-19(10-26-22(24)27-20)30-12-13-3-4-13/h5-11,13,20,23,25H,3-4,12H2,1-2H3,(H3,24,26,27)/b15-9+,23-8?. The molecule has 156 valence electrons. The van der Waals surface area contributed by atoms with Crippen molar-refractivity contribution in [2.24, 2.45) is 23.7 Å². The van der Waals surface area contributed by atoms with Gasteiger partial charge in [-0.25, -0.2) is 4.99 Å². The molecule has 2 heterocycles. The van der Waals surface area contributed by atoms with Crippen molar-refractivity contribution in [1.29, 1.82) is 5.41 Å². The lowest BCUT2D eigenvalue weighted by Gasteiger charge is -2.27. The summed E-state index contributed by atoms with van der Waals surface area (Å²) in [5.41, 5.74) is 8.29. The fraction of sp³-hybridized carbons (Fsp3) is 0.318. The highest BCUT2D eigenvalue weighted by Gasteiger charge is 2.28. The van der Waals surface area contributed by atoms with E-state index >= 15 is 0 Å². The van der Waals surface area contributed by atoms with Crippen molar-refractivity contribution in [3.05, 3.63) is 64.0 Å². The van der Waals surface area contributed by atoms with E-state index in [1.807, 2.05) is 18.3 Å². The summed E-state index contributed by atoms with van der Waals surface area (Å²) in [5.74, 6) is 1.58. The molecule has 1 aromatic heterocycles. The number of nitrogens with two attached hydrogens (primary N) is 1. The third-order valence-electron chi connectivity index (χ3n) is 5.40. The molecule has 0 bridgehead atoms. The zero-order chi connectivity index (χ0) is 21.3. The van der Waals surface area contributed by atoms with Crippen molar-refractivity contribution in [2.75, 3.05) is 13.7 Å². The van der Waals surface area contributed by atoms with E-state index in [1.165, 1.54) is 19.1 Å². The molecule has 2 aliphatic rings. The summed E-state index contributed by atoms with van der Waals surface area (Å²) < 4.78 is 7.64. The van der Waals surface area contributed by atoms with Gasteiger partial charge in [0.25, 0.3) is 5.56 Å². The fourth-order valence-electron chi connectivity index (χ4n) is 3.58. The summed E-state index contributed by atoms with van der Waals surface area (Å²) in [6.45, 7) is 0.650. The largest absolute Gasteiger partial charge is 0.493 e. The van der Waals surface area contributed by atoms with Crippen LogP contribution in [0.2, 0.25) is 0 Å². The number of aliphatic imine (C=N–C) groups is 1. The lowest BCUT2D eigenvalue weighted by molar-refractivity contribution is 0.176. The van der Waals surface area contributed by atoms with Gasteiger partial charge in [-0.1, -0.05) is 6.07 Å². The van der Waals surface area contributed by atoms with Gasteiger partial charge >= 0.3 is 0 Å². The van der Waals surface area contributed by atoms with Gasteiger partial charge in [-0.15, -0.1) is 0 Å². The van der Waals surface area contributed by atoms with E-state index in [0.29, 0.717) is 35.2 Å². The number of hydrogen-bond donors (Lipinski definition) is 4. The second-order valence-electron chi connectivity index (χ2n) is 7.67. The summed E-state index contributed by atoms with van der Waals surface area (Å²) in [6.07, 6.45) is 8.88. The Morgan fingerprint density at radius 3 is 2.93 bits per heavy atom. The number of guanidine groups is 1. The van der Waals surface area contributed by atoms with Gasteiger partial charge < -0.3 is 31.1 Å². The second kappa shape index (κ2) is 8.06. The smallest absolute Gasteiger partial charge is 0.258 e. The maximum atomic E-state index is 12.8. The van der Waals surface area contributed by atoms with E-state index in [0.717, 1.165) is 16.5 Å². The van der Waals surface area contributed by atoms with Crippen LogP contribution in [0.1, 0.15) is 30.0 Å². The number of nitrogens with zero attached hydrogens (tertiary/aromatic N) is 2. The van der Waals surface area contributed by atoms with Crippen LogP contribution in [0.25, 0.3) is 16.3 Å². The number of ether oxygens (including phenoxy) is 1. The predicted octanol–water partition coefficient (Wildman–Crippen LogP) is 1.98. The van der Waals surface area contributed by atoms with Gasteiger partial charge in [0, 0.05) is 49.2 Å². The van der Waals surface area contributed by atoms with Gasteiger partial charge in [0.1, 0.15) is 11.8 Å². The molecule has 8 heteroatoms. The van der Waals surface area contributed by atoms with Crippen LogP contribution in [0, 0.1) is 11.3 Å². The van der Waals surface area contributed by atoms with Gasteiger partial charge in [-0.3, -0.25) is 4.79 Å². The lowest BCUT2D eigenvalue weighted by atomic mass is 9.96. The average molecular weight is 406 g/mol. The maximum absolute atomic E-state index is 12.8. The molecule has 1 aliphatic heterocycles. The first-order valence-corrected chi connectivity index (χ1v) is 9.96. The van der Waals surface area contributed by atoms with Crippen molar-refractivity contribution in [2.45, 2.75) is 18.9 Å². The molecule has 1 unspecified atom stereocenters. The number of rotatable bonds is 7. The van der Waals surface area contributed by atoms with E-state index in [-0.39, 0.29) is 11.6 Å². The Morgan fingerprint density at radius 2 is 2.23 bits per heavy atom. The zero-order valence-electron chi connectivity index (χ0n) is 17.1. The number of pyridine rings is 1. The molecule has 5 N–H and O–H groups in total. The van der Waals surface area contributed by atoms with Crippen LogP contribution >= 0.6 is 0 Å². The molecular formula is C22H26N6O2. The van der Waals surface area contributed by atoms with Crippen LogP contribution in [0.5, 0.6) is 0 Å². The molecule has 8 nitrogen and oxygen atoms in total. The van der Waals surface area contributed by atoms with Crippen molar-refractivity contribution in [3.63, 3.8) is 0 Å². The molecule has 0 spiro atoms. The van der Waals surface area contributed by atoms with Gasteiger partial charge in [0.05, 0.1) is 12.8 Å². The Hall–Kier alpha value is -3.55. The molecule has 1 saturated carbocycles. The molecule has 1 atom stereocenters. The Bertz CT molecular complexity index is 1140. The molecule has 0 saturated heterocycles. The van der Waals surface area contributed by atoms with Crippen molar-refractivity contribution in [3.8, 4) is 0 Å². The second-order valence-corrected chi connectivity index (χ2v) is 7.67. The minimum absolute atomic E-state index is 0.0869. The minimum atomic E-state index is -0.359. The first-order chi connectivity index (χ1) is 14.5. The normalized spacial score (nSPS) is 19.0. The first kappa shape index (κ1) is 19.8. The van der Waals surface area contributed by atoms with Crippen molar-refractivity contribution in [1.82, 2.24) is 15.2 Å². The Morgan fingerprint density at radius 1 is 1.43 bits per heavy atom. The SMILES string of the molecule is CN/C=C(\C=N)c1ccc2c(=O)n(C)cc(C3NC(N)=NC=C3OCC3CC3)c2c1. The molecular weight excluding hydrogens is 380 g/mol. The highest BCUT2D eigenvalue weighted by molar-refractivity contribution is 6.09. The van der Waals surface area contributed by atoms with E-state index in [2.05, 4.69) is 15.6 Å². The molecule has 1 aliphatic carbocycles. The number of fused-ring (bicyclic) bond motifs is 1. The van der Waals surface area contributed by atoms with Gasteiger partial charge in [0.15, 0.2) is 5.96 Å². The van der Waals surface area contributed by atoms with E-state index in [9.17, 15) is 4.79 Å². The van der Waals surface area contributed by atoms with E-state index < -0.39 is 0 Å². The lowest BCUT2D eigenvalue weighted by Crippen LogP contribution is -2.39. The molecule has 1 aromatic carbocycles. The van der Waals surface area contributed by atoms with Gasteiger partial charge in [0.2, 0.25) is 0 Å². The highest BCUT2D eigenvalue weighted by Crippen LogP contribution is 2.34. The zero-order valence-corrected chi connectivity index (χ0v) is 17.1. The molecule has 2 aromatic rings. The van der Waals surface area contributed by atoms with E-state index in [4.69, 9.17) is 15.9 Å².